The number of halogens is 1. The maximum Gasteiger partial charge on any atom is 0.254 e. The van der Waals surface area contributed by atoms with E-state index < -0.39 is 0 Å². The second kappa shape index (κ2) is 8.46. The number of morpholine rings is 1. The van der Waals surface area contributed by atoms with Crippen LogP contribution in [0.3, 0.4) is 0 Å². The summed E-state index contributed by atoms with van der Waals surface area (Å²) in [6.07, 6.45) is 2.17. The van der Waals surface area contributed by atoms with Crippen molar-refractivity contribution in [2.75, 3.05) is 31.6 Å². The van der Waals surface area contributed by atoms with Gasteiger partial charge in [-0.2, -0.15) is 0 Å². The molecule has 0 radical (unpaired) electrons. The fourth-order valence-corrected chi connectivity index (χ4v) is 3.16. The minimum atomic E-state index is -0.0193. The Bertz CT molecular complexity index is 1070. The van der Waals surface area contributed by atoms with Crippen LogP contribution in [0, 0.1) is 0 Å². The number of benzene rings is 2. The molecule has 148 valence electrons. The fourth-order valence-electron chi connectivity index (χ4n) is 2.99. The van der Waals surface area contributed by atoms with Gasteiger partial charge in [0, 0.05) is 35.6 Å². The third-order valence-corrected chi connectivity index (χ3v) is 4.78. The molecule has 1 amide bonds. The molecule has 3 aromatic rings. The van der Waals surface area contributed by atoms with Crippen LogP contribution in [0.2, 0.25) is 5.02 Å². The summed E-state index contributed by atoms with van der Waals surface area (Å²) in [6, 6.07) is 12.1. The van der Waals surface area contributed by atoms with Gasteiger partial charge in [-0.25, -0.2) is 4.98 Å². The zero-order chi connectivity index (χ0) is 20.2. The van der Waals surface area contributed by atoms with E-state index in [1.54, 1.807) is 47.4 Å². The molecule has 2 aromatic carbocycles. The third-order valence-electron chi connectivity index (χ3n) is 4.55. The van der Waals surface area contributed by atoms with Gasteiger partial charge in [0.05, 0.1) is 18.8 Å². The maximum atomic E-state index is 12.5. The van der Waals surface area contributed by atoms with Gasteiger partial charge in [0.1, 0.15) is 5.52 Å². The monoisotopic (exact) mass is 411 g/mol. The molecule has 1 aliphatic heterocycles. The average Bonchev–Trinajstić information content (AvgIpc) is 3.17. The Labute approximate surface area is 171 Å². The summed E-state index contributed by atoms with van der Waals surface area (Å²) in [4.78, 5) is 30.0. The van der Waals surface area contributed by atoms with E-state index in [2.05, 4.69) is 10.3 Å². The topological polar surface area (TPSA) is 84.7 Å². The first-order valence-corrected chi connectivity index (χ1v) is 9.47. The number of hydrogen-bond acceptors (Lipinski definition) is 6. The number of rotatable bonds is 5. The van der Waals surface area contributed by atoms with Crippen LogP contribution < -0.4 is 5.32 Å². The summed E-state index contributed by atoms with van der Waals surface area (Å²) in [7, 11) is 0. The third kappa shape index (κ3) is 4.31. The molecule has 1 aromatic heterocycles. The Kier molecular flexibility index (Phi) is 5.59. The molecule has 1 N–H and O–H groups in total. The molecule has 0 aliphatic carbocycles. The summed E-state index contributed by atoms with van der Waals surface area (Å²) >= 11 is 5.96. The first kappa shape index (κ1) is 19.2. The van der Waals surface area contributed by atoms with Gasteiger partial charge in [-0.3, -0.25) is 9.59 Å². The van der Waals surface area contributed by atoms with Crippen molar-refractivity contribution in [3.63, 3.8) is 0 Å². The molecular weight excluding hydrogens is 394 g/mol. The van der Waals surface area contributed by atoms with Crippen molar-refractivity contribution in [3.8, 4) is 0 Å². The van der Waals surface area contributed by atoms with Crippen molar-refractivity contribution >= 4 is 46.2 Å². The van der Waals surface area contributed by atoms with Gasteiger partial charge >= 0.3 is 0 Å². The maximum absolute atomic E-state index is 12.5. The van der Waals surface area contributed by atoms with Gasteiger partial charge in [0.15, 0.2) is 11.9 Å². The van der Waals surface area contributed by atoms with E-state index in [-0.39, 0.29) is 17.4 Å². The number of aromatic nitrogens is 1. The van der Waals surface area contributed by atoms with Gasteiger partial charge in [0.2, 0.25) is 5.89 Å². The highest BCUT2D eigenvalue weighted by molar-refractivity contribution is 6.31. The number of carbonyl (C=O) groups excluding carboxylic acids is 2. The molecule has 0 spiro atoms. The van der Waals surface area contributed by atoms with Crippen molar-refractivity contribution in [2.24, 2.45) is 0 Å². The first-order valence-electron chi connectivity index (χ1n) is 9.09. The normalized spacial score (nSPS) is 14.8. The van der Waals surface area contributed by atoms with Crippen LogP contribution in [-0.2, 0) is 9.53 Å². The summed E-state index contributed by atoms with van der Waals surface area (Å²) in [5.74, 6) is 0.179. The largest absolute Gasteiger partial charge is 0.436 e. The number of nitrogens with one attached hydrogen (secondary N) is 1. The molecule has 0 saturated carbocycles. The van der Waals surface area contributed by atoms with Crippen LogP contribution in [0.25, 0.3) is 16.7 Å². The van der Waals surface area contributed by atoms with Crippen LogP contribution in [0.1, 0.15) is 16.2 Å². The predicted octanol–water partition coefficient (Wildman–Crippen LogP) is 3.61. The van der Waals surface area contributed by atoms with Crippen LogP contribution in [-0.4, -0.2) is 48.4 Å². The zero-order valence-corrected chi connectivity index (χ0v) is 16.2. The van der Waals surface area contributed by atoms with Crippen molar-refractivity contribution in [3.05, 3.63) is 65.1 Å². The Morgan fingerprint density at radius 2 is 1.90 bits per heavy atom. The lowest BCUT2D eigenvalue weighted by Crippen LogP contribution is -2.40. The number of ether oxygens (including phenoxy) is 1. The lowest BCUT2D eigenvalue weighted by atomic mass is 10.1. The first-order chi connectivity index (χ1) is 14.1. The number of carbonyl (C=O) groups is 2. The molecule has 2 heterocycles. The van der Waals surface area contributed by atoms with E-state index in [9.17, 15) is 9.59 Å². The number of aldehydes is 1. The van der Waals surface area contributed by atoms with Gasteiger partial charge < -0.3 is 19.4 Å². The zero-order valence-electron chi connectivity index (χ0n) is 15.4. The molecule has 1 fully saturated rings. The van der Waals surface area contributed by atoms with E-state index in [0.29, 0.717) is 54.3 Å². The Balaban J connectivity index is 1.47. The van der Waals surface area contributed by atoms with Crippen LogP contribution in [0.4, 0.5) is 5.69 Å². The Morgan fingerprint density at radius 3 is 2.62 bits per heavy atom. The highest BCUT2D eigenvalue weighted by Gasteiger charge is 2.18. The number of amides is 1. The molecule has 0 atom stereocenters. The second-order valence-corrected chi connectivity index (χ2v) is 6.91. The van der Waals surface area contributed by atoms with Crippen LogP contribution in [0.15, 0.2) is 53.1 Å². The van der Waals surface area contributed by atoms with Crippen molar-refractivity contribution in [1.82, 2.24) is 9.88 Å². The van der Waals surface area contributed by atoms with Gasteiger partial charge in [-0.15, -0.1) is 0 Å². The number of oxazole rings is 1. The van der Waals surface area contributed by atoms with Crippen LogP contribution >= 0.6 is 11.6 Å². The minimum absolute atomic E-state index is 0.0193. The molecule has 7 nitrogen and oxygen atoms in total. The Hall–Kier alpha value is -3.16. The average molecular weight is 412 g/mol. The summed E-state index contributed by atoms with van der Waals surface area (Å²) < 4.78 is 10.9. The number of nitrogens with zero attached hydrogens (tertiary/aromatic N) is 2. The number of fused-ring (bicyclic) bond motifs is 1. The molecule has 1 aliphatic rings. The second-order valence-electron chi connectivity index (χ2n) is 6.47. The van der Waals surface area contributed by atoms with E-state index in [1.807, 2.05) is 0 Å². The number of anilines is 1. The Morgan fingerprint density at radius 1 is 1.14 bits per heavy atom. The summed E-state index contributed by atoms with van der Waals surface area (Å²) in [5.41, 5.74) is 2.70. The summed E-state index contributed by atoms with van der Waals surface area (Å²) in [5, 5.41) is 3.57. The van der Waals surface area contributed by atoms with Crippen LogP contribution in [0.5, 0.6) is 0 Å². The van der Waals surface area contributed by atoms with E-state index in [4.69, 9.17) is 20.8 Å². The highest BCUT2D eigenvalue weighted by atomic mass is 35.5. The molecule has 0 unspecified atom stereocenters. The van der Waals surface area contributed by atoms with E-state index in [1.165, 1.54) is 6.20 Å². The standard InChI is InChI=1S/C21H18ClN3O4/c22-16-3-6-19-18(11-16)24-20(29-19)15(13-26)12-23-17-4-1-14(2-5-17)21(27)25-7-9-28-10-8-25/h1-6,11-13,23H,7-10H2. The lowest BCUT2D eigenvalue weighted by molar-refractivity contribution is -0.103. The molecular formula is C21H18ClN3O4. The van der Waals surface area contributed by atoms with Crippen molar-refractivity contribution in [2.45, 2.75) is 0 Å². The minimum Gasteiger partial charge on any atom is -0.436 e. The quantitative estimate of drug-likeness (QED) is 0.510. The van der Waals surface area contributed by atoms with Gasteiger partial charge in [0.25, 0.3) is 5.91 Å². The number of hydrogen-bond donors (Lipinski definition) is 1. The van der Waals surface area contributed by atoms with Gasteiger partial charge in [-0.05, 0) is 42.5 Å². The SMILES string of the molecule is O=CC(=CNc1ccc(C(=O)N2CCOCC2)cc1)c1nc2cc(Cl)ccc2o1. The molecule has 1 saturated heterocycles. The number of allylic oxidation sites excluding steroid dienone is 1. The highest BCUT2D eigenvalue weighted by Crippen LogP contribution is 2.23. The van der Waals surface area contributed by atoms with E-state index >= 15 is 0 Å². The fraction of sp³-hybridized carbons (Fsp3) is 0.190. The molecule has 4 rings (SSSR count). The van der Waals surface area contributed by atoms with Crippen molar-refractivity contribution < 1.29 is 18.7 Å². The molecule has 29 heavy (non-hydrogen) atoms. The van der Waals surface area contributed by atoms with Crippen molar-refractivity contribution in [1.29, 1.82) is 0 Å². The molecule has 0 bridgehead atoms. The lowest BCUT2D eigenvalue weighted by Gasteiger charge is -2.26. The summed E-state index contributed by atoms with van der Waals surface area (Å²) in [6.45, 7) is 2.32. The van der Waals surface area contributed by atoms with Gasteiger partial charge in [-0.1, -0.05) is 11.6 Å². The predicted molar refractivity (Wildman–Crippen MR) is 110 cm³/mol. The van der Waals surface area contributed by atoms with E-state index in [0.717, 1.165) is 5.69 Å². The molecule has 8 heteroatoms. The smallest absolute Gasteiger partial charge is 0.254 e.